The van der Waals surface area contributed by atoms with Crippen molar-refractivity contribution in [2.24, 2.45) is 0 Å². The van der Waals surface area contributed by atoms with Crippen molar-refractivity contribution in [1.29, 1.82) is 0 Å². The highest BCUT2D eigenvalue weighted by Gasteiger charge is 1.95. The van der Waals surface area contributed by atoms with Crippen LogP contribution < -0.4 is 0 Å². The number of unbranched alkanes of at least 4 members (excludes halogenated alkanes) is 14. The predicted molar refractivity (Wildman–Crippen MR) is 88.9 cm³/mol. The Morgan fingerprint density at radius 3 is 1.20 bits per heavy atom. The molecule has 0 aliphatic heterocycles. The Balaban J connectivity index is 2.94. The first-order chi connectivity index (χ1) is 9.77. The van der Waals surface area contributed by atoms with Gasteiger partial charge in [-0.2, -0.15) is 0 Å². The van der Waals surface area contributed by atoms with Gasteiger partial charge < -0.3 is 0 Å². The van der Waals surface area contributed by atoms with Crippen molar-refractivity contribution in [1.82, 2.24) is 0 Å². The third-order valence-electron chi connectivity index (χ3n) is 4.03. The summed E-state index contributed by atoms with van der Waals surface area (Å²) in [5.74, 6) is -0.153. The second-order valence-electron chi connectivity index (χ2n) is 6.17. The first kappa shape index (κ1) is 19.7. The molecule has 0 spiro atoms. The van der Waals surface area contributed by atoms with Crippen molar-refractivity contribution < 1.29 is 4.79 Å². The summed E-state index contributed by atoms with van der Waals surface area (Å²) in [7, 11) is 0. The minimum atomic E-state index is -0.153. The van der Waals surface area contributed by atoms with Crippen LogP contribution in [0.2, 0.25) is 0 Å². The van der Waals surface area contributed by atoms with Crippen LogP contribution >= 0.6 is 0 Å². The molecule has 0 aromatic carbocycles. The molecule has 0 aromatic rings. The van der Waals surface area contributed by atoms with E-state index in [1.165, 1.54) is 89.9 Å². The predicted octanol–water partition coefficient (Wildman–Crippen LogP) is 6.53. The number of Topliss-reactive ketones (excluding diaryl/α,β-unsaturated/α-hetero) is 1. The number of rotatable bonds is 16. The van der Waals surface area contributed by atoms with Gasteiger partial charge in [-0.1, -0.05) is 96.8 Å². The molecular formula is C19H36O. The van der Waals surface area contributed by atoms with Gasteiger partial charge in [-0.05, 0) is 6.42 Å². The Hall–Kier alpha value is -0.330. The maximum atomic E-state index is 10.6. The fraction of sp³-hybridized carbons (Fsp3) is 0.895. The van der Waals surface area contributed by atoms with Crippen molar-refractivity contribution in [3.8, 4) is 0 Å². The Morgan fingerprint density at radius 1 is 0.600 bits per heavy atom. The van der Waals surface area contributed by atoms with Crippen LogP contribution in [0.4, 0.5) is 0 Å². The van der Waals surface area contributed by atoms with Crippen LogP contribution in [0.3, 0.4) is 0 Å². The van der Waals surface area contributed by atoms with E-state index in [0.29, 0.717) is 6.42 Å². The van der Waals surface area contributed by atoms with E-state index in [1.54, 1.807) is 0 Å². The molecule has 0 aromatic heterocycles. The van der Waals surface area contributed by atoms with Crippen molar-refractivity contribution in [3.63, 3.8) is 0 Å². The zero-order chi connectivity index (χ0) is 14.9. The smallest absolute Gasteiger partial charge is 0.137 e. The van der Waals surface area contributed by atoms with Gasteiger partial charge in [-0.3, -0.25) is 4.79 Å². The Kier molecular flexibility index (Phi) is 16.4. The topological polar surface area (TPSA) is 17.1 Å². The van der Waals surface area contributed by atoms with E-state index in [4.69, 9.17) is 6.92 Å². The molecule has 0 unspecified atom stereocenters. The normalized spacial score (nSPS) is 10.9. The number of hydrogen-bond donors (Lipinski definition) is 0. The summed E-state index contributed by atoms with van der Waals surface area (Å²) in [5, 5.41) is 0. The third-order valence-corrected chi connectivity index (χ3v) is 4.03. The fourth-order valence-corrected chi connectivity index (χ4v) is 2.67. The molecule has 2 radical (unpaired) electrons. The van der Waals surface area contributed by atoms with E-state index in [0.717, 1.165) is 6.42 Å². The minimum Gasteiger partial charge on any atom is -0.299 e. The molecule has 0 aliphatic carbocycles. The highest BCUT2D eigenvalue weighted by atomic mass is 16.1. The van der Waals surface area contributed by atoms with Crippen LogP contribution in [0.5, 0.6) is 0 Å². The van der Waals surface area contributed by atoms with Gasteiger partial charge in [-0.15, -0.1) is 0 Å². The van der Waals surface area contributed by atoms with E-state index in [9.17, 15) is 4.79 Å². The third kappa shape index (κ3) is 17.7. The summed E-state index contributed by atoms with van der Waals surface area (Å²) in [6.45, 7) is 7.38. The Bertz CT molecular complexity index is 198. The molecule has 0 saturated carbocycles. The summed E-state index contributed by atoms with van der Waals surface area (Å²) in [5.41, 5.74) is 0. The Morgan fingerprint density at radius 2 is 0.900 bits per heavy atom. The molecule has 0 amide bonds. The summed E-state index contributed by atoms with van der Waals surface area (Å²) < 4.78 is 0. The zero-order valence-corrected chi connectivity index (χ0v) is 13.8. The van der Waals surface area contributed by atoms with Crippen LogP contribution in [-0.2, 0) is 4.79 Å². The standard InChI is InChI=1S/C19H36O/c1-3-4-5-6-7-8-9-10-11-12-13-14-15-16-17-18-19(2)20/h2H,3-18H2,1H3. The molecule has 0 bridgehead atoms. The maximum absolute atomic E-state index is 10.6. The van der Waals surface area contributed by atoms with E-state index in [2.05, 4.69) is 6.92 Å². The summed E-state index contributed by atoms with van der Waals surface area (Å²) in [6.07, 6.45) is 20.9. The van der Waals surface area contributed by atoms with E-state index >= 15 is 0 Å². The monoisotopic (exact) mass is 280 g/mol. The van der Waals surface area contributed by atoms with E-state index in [1.807, 2.05) is 0 Å². The molecule has 0 aliphatic rings. The average molecular weight is 280 g/mol. The first-order valence-electron chi connectivity index (χ1n) is 9.05. The molecule has 0 heterocycles. The average Bonchev–Trinajstić information content (AvgIpc) is 2.43. The van der Waals surface area contributed by atoms with Crippen molar-refractivity contribution in [2.75, 3.05) is 0 Å². The van der Waals surface area contributed by atoms with E-state index in [-0.39, 0.29) is 5.78 Å². The van der Waals surface area contributed by atoms with Crippen LogP contribution in [0.15, 0.2) is 0 Å². The number of carbonyl (C=O) groups is 1. The summed E-state index contributed by atoms with van der Waals surface area (Å²) >= 11 is 0. The van der Waals surface area contributed by atoms with Crippen molar-refractivity contribution >= 4 is 5.78 Å². The molecule has 0 fully saturated rings. The minimum absolute atomic E-state index is 0.153. The second kappa shape index (κ2) is 16.7. The van der Waals surface area contributed by atoms with Gasteiger partial charge >= 0.3 is 0 Å². The highest BCUT2D eigenvalue weighted by molar-refractivity contribution is 5.82. The Labute approximate surface area is 127 Å². The van der Waals surface area contributed by atoms with Crippen LogP contribution in [0, 0.1) is 6.92 Å². The van der Waals surface area contributed by atoms with Gasteiger partial charge in [0.05, 0.1) is 0 Å². The first-order valence-corrected chi connectivity index (χ1v) is 9.05. The summed E-state index contributed by atoms with van der Waals surface area (Å²) in [4.78, 5) is 10.6. The lowest BCUT2D eigenvalue weighted by atomic mass is 10.0. The van der Waals surface area contributed by atoms with Crippen LogP contribution in [0.25, 0.3) is 0 Å². The molecular weight excluding hydrogens is 244 g/mol. The lowest BCUT2D eigenvalue weighted by Crippen LogP contribution is -1.89. The lowest BCUT2D eigenvalue weighted by molar-refractivity contribution is -0.114. The van der Waals surface area contributed by atoms with Gasteiger partial charge in [-0.25, -0.2) is 0 Å². The van der Waals surface area contributed by atoms with Gasteiger partial charge in [0.25, 0.3) is 0 Å². The number of ketones is 1. The molecule has 0 rings (SSSR count). The summed E-state index contributed by atoms with van der Waals surface area (Å²) in [6, 6.07) is 0. The van der Waals surface area contributed by atoms with E-state index < -0.39 is 0 Å². The SMILES string of the molecule is [CH]C(=O)CCCCCCCCCCCCCCCCC. The van der Waals surface area contributed by atoms with Gasteiger partial charge in [0.2, 0.25) is 0 Å². The molecule has 0 saturated heterocycles. The molecule has 0 atom stereocenters. The number of carbonyl (C=O) groups excluding carboxylic acids is 1. The van der Waals surface area contributed by atoms with Crippen molar-refractivity contribution in [3.05, 3.63) is 6.92 Å². The van der Waals surface area contributed by atoms with Gasteiger partial charge in [0.15, 0.2) is 0 Å². The molecule has 0 N–H and O–H groups in total. The van der Waals surface area contributed by atoms with Crippen LogP contribution in [-0.4, -0.2) is 5.78 Å². The fourth-order valence-electron chi connectivity index (χ4n) is 2.67. The molecule has 20 heavy (non-hydrogen) atoms. The maximum Gasteiger partial charge on any atom is 0.137 e. The van der Waals surface area contributed by atoms with Gasteiger partial charge in [0.1, 0.15) is 5.78 Å². The number of hydrogen-bond acceptors (Lipinski definition) is 1. The highest BCUT2D eigenvalue weighted by Crippen LogP contribution is 2.13. The molecule has 1 nitrogen and oxygen atoms in total. The van der Waals surface area contributed by atoms with Crippen molar-refractivity contribution in [2.45, 2.75) is 110 Å². The molecule has 1 heteroatoms. The largest absolute Gasteiger partial charge is 0.299 e. The van der Waals surface area contributed by atoms with Gasteiger partial charge in [0, 0.05) is 13.3 Å². The molecule has 118 valence electrons. The second-order valence-corrected chi connectivity index (χ2v) is 6.17. The van der Waals surface area contributed by atoms with Crippen LogP contribution in [0.1, 0.15) is 110 Å². The lowest BCUT2D eigenvalue weighted by Gasteiger charge is -2.03. The zero-order valence-electron chi connectivity index (χ0n) is 13.8. The quantitative estimate of drug-likeness (QED) is 0.294.